The molecule has 4 N–H and O–H groups in total. The summed E-state index contributed by atoms with van der Waals surface area (Å²) in [6.07, 6.45) is -5.84. The van der Waals surface area contributed by atoms with Gasteiger partial charge in [-0.3, -0.25) is 0 Å². The molecule has 0 aromatic carbocycles. The topological polar surface area (TPSA) is 109 Å². The smallest absolute Gasteiger partial charge is 0.189 e. The van der Waals surface area contributed by atoms with Crippen LogP contribution in [0.15, 0.2) is 0 Å². The lowest BCUT2D eigenvalue weighted by Crippen LogP contribution is -2.59. The third-order valence-electron chi connectivity index (χ3n) is 5.20. The minimum absolute atomic E-state index is 0.221. The van der Waals surface area contributed by atoms with Crippen molar-refractivity contribution in [2.75, 3.05) is 0 Å². The van der Waals surface area contributed by atoms with E-state index < -0.39 is 37.0 Å². The Labute approximate surface area is 137 Å². The van der Waals surface area contributed by atoms with Crippen LogP contribution in [-0.2, 0) is 14.2 Å². The van der Waals surface area contributed by atoms with Gasteiger partial charge in [0.15, 0.2) is 12.6 Å². The van der Waals surface area contributed by atoms with Crippen molar-refractivity contribution in [3.63, 3.8) is 0 Å². The molecule has 0 saturated carbocycles. The van der Waals surface area contributed by atoms with Crippen LogP contribution < -0.4 is 0 Å². The van der Waals surface area contributed by atoms with Crippen LogP contribution >= 0.6 is 0 Å². The molecule has 0 unspecified atom stereocenters. The van der Waals surface area contributed by atoms with E-state index in [2.05, 4.69) is 0 Å². The summed E-state index contributed by atoms with van der Waals surface area (Å²) in [7, 11) is 0. The Morgan fingerprint density at radius 1 is 0.696 bits per heavy atom. The average Bonchev–Trinajstić information content (AvgIpc) is 2.55. The van der Waals surface area contributed by atoms with E-state index in [0.29, 0.717) is 12.8 Å². The van der Waals surface area contributed by atoms with E-state index in [-0.39, 0.29) is 24.0 Å². The molecule has 2 fully saturated rings. The molecule has 0 bridgehead atoms. The van der Waals surface area contributed by atoms with Crippen LogP contribution in [0.4, 0.5) is 0 Å². The van der Waals surface area contributed by atoms with E-state index >= 15 is 0 Å². The third kappa shape index (κ3) is 3.71. The average molecular weight is 334 g/mol. The molecule has 0 amide bonds. The minimum atomic E-state index is -1.24. The molecular formula is C16H30O7. The maximum atomic E-state index is 10.2. The fourth-order valence-electron chi connectivity index (χ4n) is 3.43. The van der Waals surface area contributed by atoms with Crippen molar-refractivity contribution in [2.24, 2.45) is 11.8 Å². The van der Waals surface area contributed by atoms with Crippen LogP contribution in [0.25, 0.3) is 0 Å². The second-order valence-electron chi connectivity index (χ2n) is 6.72. The summed E-state index contributed by atoms with van der Waals surface area (Å²) in [5, 5.41) is 40.6. The summed E-state index contributed by atoms with van der Waals surface area (Å²) in [6, 6.07) is 0. The highest BCUT2D eigenvalue weighted by atomic mass is 16.8. The van der Waals surface area contributed by atoms with Crippen molar-refractivity contribution >= 4 is 0 Å². The van der Waals surface area contributed by atoms with Crippen molar-refractivity contribution in [2.45, 2.75) is 89.7 Å². The fraction of sp³-hybridized carbons (Fsp3) is 1.00. The fourth-order valence-corrected chi connectivity index (χ4v) is 3.43. The van der Waals surface area contributed by atoms with Crippen molar-refractivity contribution in [3.05, 3.63) is 0 Å². The lowest BCUT2D eigenvalue weighted by Gasteiger charge is -2.45. The largest absolute Gasteiger partial charge is 0.390 e. The molecular weight excluding hydrogens is 304 g/mol. The van der Waals surface area contributed by atoms with Crippen LogP contribution in [0.3, 0.4) is 0 Å². The van der Waals surface area contributed by atoms with Gasteiger partial charge in [-0.25, -0.2) is 0 Å². The second kappa shape index (κ2) is 7.74. The Morgan fingerprint density at radius 2 is 1.04 bits per heavy atom. The zero-order valence-corrected chi connectivity index (χ0v) is 14.2. The van der Waals surface area contributed by atoms with Crippen molar-refractivity contribution in [1.29, 1.82) is 0 Å². The molecule has 7 nitrogen and oxygen atoms in total. The number of hydrogen-bond donors (Lipinski definition) is 4. The van der Waals surface area contributed by atoms with E-state index in [1.54, 1.807) is 0 Å². The molecule has 10 atom stereocenters. The number of rotatable bonds is 4. The number of aliphatic hydroxyl groups excluding tert-OH is 4. The lowest BCUT2D eigenvalue weighted by atomic mass is 9.88. The summed E-state index contributed by atoms with van der Waals surface area (Å²) in [5.74, 6) is -0.442. The summed E-state index contributed by atoms with van der Waals surface area (Å²) in [4.78, 5) is 0. The zero-order valence-electron chi connectivity index (χ0n) is 14.2. The van der Waals surface area contributed by atoms with Gasteiger partial charge in [0.1, 0.15) is 12.2 Å². The SMILES string of the molecule is CC[C@H]1O[C@H](O[C@H]2O[C@H](CC)[C@@H](C)[C@H](O)[C@H]2O)[C@H](O)[C@@H](O)[C@@H]1C. The summed E-state index contributed by atoms with van der Waals surface area (Å²) < 4.78 is 17.0. The molecule has 2 heterocycles. The monoisotopic (exact) mass is 334 g/mol. The first-order valence-electron chi connectivity index (χ1n) is 8.50. The normalized spacial score (nSPS) is 51.7. The van der Waals surface area contributed by atoms with Gasteiger partial charge < -0.3 is 34.6 Å². The number of hydrogen-bond acceptors (Lipinski definition) is 7. The Kier molecular flexibility index (Phi) is 6.41. The highest BCUT2D eigenvalue weighted by molar-refractivity contribution is 4.89. The predicted molar refractivity (Wildman–Crippen MR) is 81.3 cm³/mol. The van der Waals surface area contributed by atoms with Crippen LogP contribution in [0.5, 0.6) is 0 Å². The second-order valence-corrected chi connectivity index (χ2v) is 6.72. The zero-order chi connectivity index (χ0) is 17.3. The molecule has 7 heteroatoms. The van der Waals surface area contributed by atoms with Gasteiger partial charge in [-0.05, 0) is 12.8 Å². The molecule has 23 heavy (non-hydrogen) atoms. The first-order valence-corrected chi connectivity index (χ1v) is 8.50. The van der Waals surface area contributed by atoms with Crippen LogP contribution in [0, 0.1) is 11.8 Å². The third-order valence-corrected chi connectivity index (χ3v) is 5.20. The maximum absolute atomic E-state index is 10.2. The van der Waals surface area contributed by atoms with E-state index in [1.807, 2.05) is 27.7 Å². The van der Waals surface area contributed by atoms with E-state index in [4.69, 9.17) is 14.2 Å². The number of aliphatic hydroxyl groups is 4. The molecule has 0 aliphatic carbocycles. The van der Waals surface area contributed by atoms with Crippen LogP contribution in [-0.4, -0.2) is 69.6 Å². The van der Waals surface area contributed by atoms with Gasteiger partial charge >= 0.3 is 0 Å². The standard InChI is InChI=1S/C16H30O7/c1-5-9-7(3)11(17)13(19)15(21-9)23-16-14(20)12(18)8(4)10(6-2)22-16/h7-20H,5-6H2,1-4H3/t7-,8-,9-,10-,11+,12+,13-,14-,15-,16-/m1/s1. The maximum Gasteiger partial charge on any atom is 0.189 e. The first-order chi connectivity index (χ1) is 10.8. The van der Waals surface area contributed by atoms with E-state index in [9.17, 15) is 20.4 Å². The van der Waals surface area contributed by atoms with Gasteiger partial charge in [0, 0.05) is 11.8 Å². The van der Waals surface area contributed by atoms with Gasteiger partial charge in [0.25, 0.3) is 0 Å². The summed E-state index contributed by atoms with van der Waals surface area (Å²) in [5.41, 5.74) is 0. The molecule has 2 saturated heterocycles. The molecule has 136 valence electrons. The number of ether oxygens (including phenoxy) is 3. The first kappa shape index (κ1) is 19.1. The Bertz CT molecular complexity index is 341. The van der Waals surface area contributed by atoms with Gasteiger partial charge in [0.05, 0.1) is 24.4 Å². The Balaban J connectivity index is 2.07. The quantitative estimate of drug-likeness (QED) is 0.572. The Hall–Kier alpha value is -0.280. The summed E-state index contributed by atoms with van der Waals surface area (Å²) >= 11 is 0. The van der Waals surface area contributed by atoms with Crippen molar-refractivity contribution < 1.29 is 34.6 Å². The van der Waals surface area contributed by atoms with Crippen LogP contribution in [0.1, 0.15) is 40.5 Å². The predicted octanol–water partition coefficient (Wildman–Crippen LogP) is -0.0114. The van der Waals surface area contributed by atoms with Gasteiger partial charge in [-0.15, -0.1) is 0 Å². The molecule has 0 spiro atoms. The van der Waals surface area contributed by atoms with Gasteiger partial charge in [0.2, 0.25) is 0 Å². The van der Waals surface area contributed by atoms with Crippen molar-refractivity contribution in [1.82, 2.24) is 0 Å². The molecule has 2 aliphatic heterocycles. The molecule has 2 aliphatic rings. The summed E-state index contributed by atoms with van der Waals surface area (Å²) in [6.45, 7) is 7.46. The van der Waals surface area contributed by atoms with Crippen molar-refractivity contribution in [3.8, 4) is 0 Å². The molecule has 2 rings (SSSR count). The highest BCUT2D eigenvalue weighted by Crippen LogP contribution is 2.33. The van der Waals surface area contributed by atoms with E-state index in [0.717, 1.165) is 0 Å². The van der Waals surface area contributed by atoms with Crippen LogP contribution in [0.2, 0.25) is 0 Å². The van der Waals surface area contributed by atoms with Gasteiger partial charge in [-0.2, -0.15) is 0 Å². The molecule has 0 aromatic heterocycles. The highest BCUT2D eigenvalue weighted by Gasteiger charge is 2.47. The van der Waals surface area contributed by atoms with E-state index in [1.165, 1.54) is 0 Å². The van der Waals surface area contributed by atoms with Gasteiger partial charge in [-0.1, -0.05) is 27.7 Å². The Morgan fingerprint density at radius 3 is 1.35 bits per heavy atom. The minimum Gasteiger partial charge on any atom is -0.390 e. The molecule has 0 aromatic rings. The lowest BCUT2D eigenvalue weighted by molar-refractivity contribution is -0.366. The molecule has 0 radical (unpaired) electrons.